The smallest absolute Gasteiger partial charge is 0.144 e. The van der Waals surface area contributed by atoms with Crippen LogP contribution in [0.4, 0.5) is 0 Å². The van der Waals surface area contributed by atoms with Crippen LogP contribution in [0.15, 0.2) is 47.0 Å². The van der Waals surface area contributed by atoms with Crippen LogP contribution in [0, 0.1) is 19.3 Å². The Hall–Kier alpha value is -4.03. The molecular formula is C33H14B9NO. The fourth-order valence-electron chi connectivity index (χ4n) is 5.86. The van der Waals surface area contributed by atoms with Gasteiger partial charge in [0.05, 0.1) is 5.69 Å². The van der Waals surface area contributed by atoms with E-state index in [4.69, 9.17) is 81.5 Å². The van der Waals surface area contributed by atoms with E-state index in [1.807, 2.05) is 43.3 Å². The number of aryl methyl sites for hydroxylation is 1. The van der Waals surface area contributed by atoms with Gasteiger partial charge in [-0.3, -0.25) is 4.98 Å². The third-order valence-electron chi connectivity index (χ3n) is 8.17. The second-order valence-electron chi connectivity index (χ2n) is 10.7. The Kier molecular flexibility index (Phi) is 7.61. The molecule has 6 rings (SSSR count). The predicted octanol–water partition coefficient (Wildman–Crippen LogP) is -2.51. The van der Waals surface area contributed by atoms with E-state index < -0.39 is 0 Å². The quantitative estimate of drug-likeness (QED) is 0.141. The number of terminal acetylenes is 1. The molecule has 2 heterocycles. The van der Waals surface area contributed by atoms with Crippen LogP contribution >= 0.6 is 0 Å². The van der Waals surface area contributed by atoms with Gasteiger partial charge in [0.15, 0.2) is 0 Å². The van der Waals surface area contributed by atoms with Gasteiger partial charge < -0.3 is 4.42 Å². The number of pyridine rings is 1. The molecule has 2 nitrogen and oxygen atoms in total. The number of allylic oxidation sites excluding steroid dienone is 1. The molecule has 0 unspecified atom stereocenters. The van der Waals surface area contributed by atoms with Crippen molar-refractivity contribution in [3.63, 3.8) is 0 Å². The fourth-order valence-corrected chi connectivity index (χ4v) is 5.86. The Morgan fingerprint density at radius 3 is 1.91 bits per heavy atom. The summed E-state index contributed by atoms with van der Waals surface area (Å²) in [5, 5.41) is 2.43. The monoisotopic (exact) mass is 539 g/mol. The summed E-state index contributed by atoms with van der Waals surface area (Å²) in [7, 11) is 58.3. The molecule has 0 aliphatic heterocycles. The normalized spacial score (nSPS) is 11.6. The zero-order valence-corrected chi connectivity index (χ0v) is 24.0. The van der Waals surface area contributed by atoms with Gasteiger partial charge in [-0.05, 0) is 63.9 Å². The van der Waals surface area contributed by atoms with Crippen LogP contribution in [-0.4, -0.2) is 75.6 Å². The highest BCUT2D eigenvalue weighted by molar-refractivity contribution is 6.72. The number of furan rings is 1. The molecule has 44 heavy (non-hydrogen) atoms. The molecule has 2 aromatic heterocycles. The number of fused-ring (bicyclic) bond motifs is 4. The van der Waals surface area contributed by atoms with Crippen LogP contribution in [0.3, 0.4) is 0 Å². The maximum atomic E-state index is 6.91. The molecule has 4 aromatic carbocycles. The molecule has 0 aliphatic carbocycles. The Morgan fingerprint density at radius 2 is 1.32 bits per heavy atom. The summed E-state index contributed by atoms with van der Waals surface area (Å²) in [4.78, 5) is 4.61. The molecule has 0 atom stereocenters. The standard InChI is InChI=1S/C33H14B9NO/c1-3-4-6-14-15-7-5-8-16(18-10-9-13(2)12-43-18)33(15)44-19(14)11-17-20-21(26(36)30(40)29(39)25(20)35)22-23(24(17)34)28(38)32(42)31(41)27(22)37/h1,4-10,12H,11H2,2H3/b6-4-. The lowest BCUT2D eigenvalue weighted by molar-refractivity contribution is 0.563. The van der Waals surface area contributed by atoms with E-state index in [-0.39, 0.29) is 55.6 Å². The van der Waals surface area contributed by atoms with Gasteiger partial charge >= 0.3 is 0 Å². The highest BCUT2D eigenvalue weighted by Crippen LogP contribution is 2.36. The van der Waals surface area contributed by atoms with Crippen molar-refractivity contribution in [2.45, 2.75) is 13.3 Å². The second kappa shape index (κ2) is 11.2. The van der Waals surface area contributed by atoms with Crippen molar-refractivity contribution in [1.29, 1.82) is 0 Å². The van der Waals surface area contributed by atoms with E-state index in [1.165, 1.54) is 0 Å². The summed E-state index contributed by atoms with van der Waals surface area (Å²) in [5.41, 5.74) is 5.75. The van der Waals surface area contributed by atoms with Crippen molar-refractivity contribution in [3.05, 3.63) is 65.1 Å². The maximum Gasteiger partial charge on any atom is 0.144 e. The molecule has 0 N–H and O–H groups in total. The zero-order valence-electron chi connectivity index (χ0n) is 24.0. The van der Waals surface area contributed by atoms with Gasteiger partial charge in [-0.25, -0.2) is 0 Å². The summed E-state index contributed by atoms with van der Waals surface area (Å²) in [6.45, 7) is 1.98. The number of para-hydroxylation sites is 1. The van der Waals surface area contributed by atoms with E-state index in [2.05, 4.69) is 10.9 Å². The Labute approximate surface area is 268 Å². The van der Waals surface area contributed by atoms with Gasteiger partial charge in [-0.15, -0.1) is 28.3 Å². The van der Waals surface area contributed by atoms with Crippen LogP contribution in [0.2, 0.25) is 0 Å². The van der Waals surface area contributed by atoms with Gasteiger partial charge in [-0.1, -0.05) is 51.4 Å². The number of nitrogens with zero attached hydrogens (tertiary/aromatic N) is 1. The molecule has 11 heteroatoms. The molecule has 0 fully saturated rings. The fraction of sp³-hybridized carbons (Fsp3) is 0.0606. The largest absolute Gasteiger partial charge is 0.459 e. The summed E-state index contributed by atoms with van der Waals surface area (Å²) in [5.74, 6) is 3.10. The van der Waals surface area contributed by atoms with Crippen LogP contribution < -0.4 is 49.2 Å². The van der Waals surface area contributed by atoms with Crippen molar-refractivity contribution in [2.75, 3.05) is 0 Å². The first-order chi connectivity index (χ1) is 21.0. The lowest BCUT2D eigenvalue weighted by Gasteiger charge is -2.27. The lowest BCUT2D eigenvalue weighted by Crippen LogP contribution is -2.52. The number of hydrogen-bond donors (Lipinski definition) is 0. The Bertz CT molecular complexity index is 2260. The van der Waals surface area contributed by atoms with E-state index in [0.717, 1.165) is 27.8 Å². The highest BCUT2D eigenvalue weighted by atomic mass is 16.3. The summed E-state index contributed by atoms with van der Waals surface area (Å²) < 4.78 is 6.61. The first-order valence-corrected chi connectivity index (χ1v) is 13.6. The average Bonchev–Trinajstić information content (AvgIpc) is 3.37. The van der Waals surface area contributed by atoms with Crippen molar-refractivity contribution < 1.29 is 4.42 Å². The lowest BCUT2D eigenvalue weighted by atomic mass is 9.58. The van der Waals surface area contributed by atoms with Crippen LogP contribution in [0.5, 0.6) is 0 Å². The zero-order chi connectivity index (χ0) is 31.6. The molecule has 0 saturated carbocycles. The molecule has 0 amide bonds. The first kappa shape index (κ1) is 30.0. The third kappa shape index (κ3) is 4.45. The maximum absolute atomic E-state index is 6.91. The highest BCUT2D eigenvalue weighted by Gasteiger charge is 2.23. The van der Waals surface area contributed by atoms with Crippen molar-refractivity contribution in [1.82, 2.24) is 4.98 Å². The number of benzene rings is 4. The summed E-state index contributed by atoms with van der Waals surface area (Å²) in [6.07, 6.45) is 11.0. The third-order valence-corrected chi connectivity index (χ3v) is 8.17. The molecule has 6 aromatic rings. The number of rotatable bonds is 4. The minimum atomic E-state index is 0.0908. The predicted molar refractivity (Wildman–Crippen MR) is 195 cm³/mol. The van der Waals surface area contributed by atoms with Gasteiger partial charge in [0.1, 0.15) is 82.0 Å². The molecule has 184 valence electrons. The summed E-state index contributed by atoms with van der Waals surface area (Å²) in [6, 6.07) is 9.76. The van der Waals surface area contributed by atoms with Crippen molar-refractivity contribution >= 4 is 158 Å². The first-order valence-electron chi connectivity index (χ1n) is 13.6. The van der Waals surface area contributed by atoms with Gasteiger partial charge in [0.2, 0.25) is 0 Å². The van der Waals surface area contributed by atoms with E-state index >= 15 is 0 Å². The molecule has 0 spiro atoms. The van der Waals surface area contributed by atoms with Crippen molar-refractivity contribution in [2.24, 2.45) is 0 Å². The van der Waals surface area contributed by atoms with E-state index in [0.29, 0.717) is 38.5 Å². The Balaban J connectivity index is 1.74. The Morgan fingerprint density at radius 1 is 0.727 bits per heavy atom. The van der Waals surface area contributed by atoms with Crippen LogP contribution in [0.1, 0.15) is 22.5 Å². The molecule has 18 radical (unpaired) electrons. The van der Waals surface area contributed by atoms with Crippen LogP contribution in [0.25, 0.3) is 49.8 Å². The SMILES string of the molecule is [B]c1c([B])c([B])c2c(c1[B])c([B])c(Cc1oc3c(-c4ccc(C)cn4)cccc3c1/C=C\C#C)c1c([B])c([B])c([B])c([B])c12. The van der Waals surface area contributed by atoms with Crippen molar-refractivity contribution in [3.8, 4) is 23.6 Å². The van der Waals surface area contributed by atoms with E-state index in [1.54, 1.807) is 12.3 Å². The topological polar surface area (TPSA) is 26.0 Å². The minimum Gasteiger partial charge on any atom is -0.459 e. The van der Waals surface area contributed by atoms with Gasteiger partial charge in [-0.2, -0.15) is 0 Å². The van der Waals surface area contributed by atoms with Crippen LogP contribution in [-0.2, 0) is 6.42 Å². The molecule has 0 saturated heterocycles. The van der Waals surface area contributed by atoms with E-state index in [9.17, 15) is 0 Å². The van der Waals surface area contributed by atoms with Gasteiger partial charge in [0.25, 0.3) is 0 Å². The van der Waals surface area contributed by atoms with Gasteiger partial charge in [0, 0.05) is 29.1 Å². The molecule has 0 aliphatic rings. The minimum absolute atomic E-state index is 0.0908. The molecule has 0 bridgehead atoms. The second-order valence-corrected chi connectivity index (χ2v) is 10.7. The average molecular weight is 538 g/mol. The summed E-state index contributed by atoms with van der Waals surface area (Å²) >= 11 is 0. The molecular weight excluding hydrogens is 524 g/mol. The number of hydrogen-bond acceptors (Lipinski definition) is 2. The number of aromatic nitrogens is 1.